The molecule has 2 aliphatic rings. The van der Waals surface area contributed by atoms with E-state index in [1.165, 1.54) is 20.0 Å². The maximum atomic E-state index is 11.8. The van der Waals surface area contributed by atoms with Gasteiger partial charge in [0.1, 0.15) is 0 Å². The van der Waals surface area contributed by atoms with Crippen molar-refractivity contribution in [2.75, 3.05) is 33.3 Å². The van der Waals surface area contributed by atoms with E-state index < -0.39 is 0 Å². The van der Waals surface area contributed by atoms with Gasteiger partial charge in [-0.3, -0.25) is 4.79 Å². The summed E-state index contributed by atoms with van der Waals surface area (Å²) in [6, 6.07) is 0. The molecule has 16 heavy (non-hydrogen) atoms. The van der Waals surface area contributed by atoms with Crippen molar-refractivity contribution in [3.05, 3.63) is 0 Å². The van der Waals surface area contributed by atoms with Gasteiger partial charge in [0, 0.05) is 0 Å². The number of piperidine rings is 2. The van der Waals surface area contributed by atoms with Crippen LogP contribution in [0.1, 0.15) is 19.3 Å². The number of rotatable bonds is 2. The molecule has 0 spiro atoms. The lowest BCUT2D eigenvalue weighted by molar-refractivity contribution is -0.149. The van der Waals surface area contributed by atoms with Crippen LogP contribution in [0.5, 0.6) is 0 Å². The lowest BCUT2D eigenvalue weighted by Gasteiger charge is -2.38. The summed E-state index contributed by atoms with van der Waals surface area (Å²) in [5, 5.41) is 6.79. The summed E-state index contributed by atoms with van der Waals surface area (Å²) < 4.78 is 4.93. The van der Waals surface area contributed by atoms with Crippen molar-refractivity contribution in [3.8, 4) is 0 Å². The first-order valence-corrected chi connectivity index (χ1v) is 6.32. The summed E-state index contributed by atoms with van der Waals surface area (Å²) in [6.07, 6.45) is 3.32. The molecular formula is C12H22N2O2. The van der Waals surface area contributed by atoms with Gasteiger partial charge in [-0.1, -0.05) is 0 Å². The molecule has 0 amide bonds. The molecule has 0 aliphatic carbocycles. The van der Waals surface area contributed by atoms with Crippen molar-refractivity contribution < 1.29 is 9.53 Å². The van der Waals surface area contributed by atoms with Crippen molar-refractivity contribution in [1.29, 1.82) is 0 Å². The highest BCUT2D eigenvalue weighted by molar-refractivity contribution is 5.72. The summed E-state index contributed by atoms with van der Waals surface area (Å²) >= 11 is 0. The lowest BCUT2D eigenvalue weighted by atomic mass is 9.74. The van der Waals surface area contributed by atoms with Crippen LogP contribution in [0.25, 0.3) is 0 Å². The number of esters is 1. The molecule has 2 aliphatic heterocycles. The zero-order valence-electron chi connectivity index (χ0n) is 10.00. The minimum atomic E-state index is -0.00923. The van der Waals surface area contributed by atoms with Crippen molar-refractivity contribution in [3.63, 3.8) is 0 Å². The maximum absolute atomic E-state index is 11.8. The van der Waals surface area contributed by atoms with E-state index in [0.29, 0.717) is 11.8 Å². The van der Waals surface area contributed by atoms with E-state index in [-0.39, 0.29) is 11.9 Å². The van der Waals surface area contributed by atoms with Crippen LogP contribution >= 0.6 is 0 Å². The highest BCUT2D eigenvalue weighted by Crippen LogP contribution is 2.32. The van der Waals surface area contributed by atoms with Gasteiger partial charge >= 0.3 is 5.97 Å². The Morgan fingerprint density at radius 3 is 2.50 bits per heavy atom. The van der Waals surface area contributed by atoms with Crippen LogP contribution in [-0.4, -0.2) is 39.3 Å². The third-order valence-corrected chi connectivity index (χ3v) is 4.02. The molecule has 0 aromatic rings. The highest BCUT2D eigenvalue weighted by Gasteiger charge is 2.36. The van der Waals surface area contributed by atoms with Crippen LogP contribution in [0.15, 0.2) is 0 Å². The van der Waals surface area contributed by atoms with Crippen LogP contribution in [0.2, 0.25) is 0 Å². The molecule has 2 heterocycles. The lowest BCUT2D eigenvalue weighted by Crippen LogP contribution is -2.46. The first-order valence-electron chi connectivity index (χ1n) is 6.32. The van der Waals surface area contributed by atoms with Crippen molar-refractivity contribution >= 4 is 5.97 Å². The van der Waals surface area contributed by atoms with Gasteiger partial charge in [0.25, 0.3) is 0 Å². The third kappa shape index (κ3) is 2.55. The van der Waals surface area contributed by atoms with Gasteiger partial charge < -0.3 is 15.4 Å². The Hall–Kier alpha value is -0.610. The summed E-state index contributed by atoms with van der Waals surface area (Å²) in [7, 11) is 1.50. The normalized spacial score (nSPS) is 32.3. The second-order valence-electron chi connectivity index (χ2n) is 4.87. The standard InChI is InChI=1S/C12H22N2O2/c1-16-12(15)10-4-7-14-8-11(10)9-2-5-13-6-3-9/h9-11,13-14H,2-8H2,1H3. The van der Waals surface area contributed by atoms with Crippen molar-refractivity contribution in [2.24, 2.45) is 17.8 Å². The largest absolute Gasteiger partial charge is 0.469 e. The van der Waals surface area contributed by atoms with Gasteiger partial charge in [-0.25, -0.2) is 0 Å². The predicted molar refractivity (Wildman–Crippen MR) is 62.1 cm³/mol. The molecule has 0 saturated carbocycles. The van der Waals surface area contributed by atoms with E-state index >= 15 is 0 Å². The molecule has 0 aromatic heterocycles. The highest BCUT2D eigenvalue weighted by atomic mass is 16.5. The molecule has 2 fully saturated rings. The minimum Gasteiger partial charge on any atom is -0.469 e. The number of nitrogens with one attached hydrogen (secondary N) is 2. The minimum absolute atomic E-state index is 0.00923. The fourth-order valence-electron chi connectivity index (χ4n) is 3.09. The van der Waals surface area contributed by atoms with Crippen molar-refractivity contribution in [2.45, 2.75) is 19.3 Å². The van der Waals surface area contributed by atoms with Crippen LogP contribution in [0, 0.1) is 17.8 Å². The molecule has 2 N–H and O–H groups in total. The molecule has 0 radical (unpaired) electrons. The average Bonchev–Trinajstić information content (AvgIpc) is 2.39. The van der Waals surface area contributed by atoms with E-state index in [4.69, 9.17) is 4.74 Å². The van der Waals surface area contributed by atoms with E-state index in [1.807, 2.05) is 0 Å². The summed E-state index contributed by atoms with van der Waals surface area (Å²) in [6.45, 7) is 4.11. The van der Waals surface area contributed by atoms with Gasteiger partial charge in [-0.05, 0) is 57.3 Å². The van der Waals surface area contributed by atoms with E-state index in [0.717, 1.165) is 32.6 Å². The smallest absolute Gasteiger partial charge is 0.309 e. The second-order valence-corrected chi connectivity index (χ2v) is 4.87. The number of carbonyl (C=O) groups is 1. The number of hydrogen-bond donors (Lipinski definition) is 2. The number of methoxy groups -OCH3 is 1. The number of hydrogen-bond acceptors (Lipinski definition) is 4. The zero-order valence-corrected chi connectivity index (χ0v) is 10.00. The van der Waals surface area contributed by atoms with E-state index in [9.17, 15) is 4.79 Å². The first kappa shape index (κ1) is 11.9. The molecule has 2 unspecified atom stereocenters. The van der Waals surface area contributed by atoms with Crippen molar-refractivity contribution in [1.82, 2.24) is 10.6 Å². The molecule has 92 valence electrons. The van der Waals surface area contributed by atoms with Crippen LogP contribution in [0.4, 0.5) is 0 Å². The number of carbonyl (C=O) groups excluding carboxylic acids is 1. The topological polar surface area (TPSA) is 50.4 Å². The predicted octanol–water partition coefficient (Wildman–Crippen LogP) is 0.385. The Morgan fingerprint density at radius 2 is 1.81 bits per heavy atom. The second kappa shape index (κ2) is 5.64. The van der Waals surface area contributed by atoms with Gasteiger partial charge in [0.2, 0.25) is 0 Å². The molecule has 2 rings (SSSR count). The van der Waals surface area contributed by atoms with Crippen LogP contribution < -0.4 is 10.6 Å². The van der Waals surface area contributed by atoms with Crippen LogP contribution in [0.3, 0.4) is 0 Å². The average molecular weight is 226 g/mol. The Kier molecular flexibility index (Phi) is 4.18. The summed E-state index contributed by atoms with van der Waals surface area (Å²) in [5.74, 6) is 1.26. The molecule has 4 nitrogen and oxygen atoms in total. The molecule has 2 atom stereocenters. The van der Waals surface area contributed by atoms with Gasteiger partial charge in [-0.15, -0.1) is 0 Å². The Labute approximate surface area is 97.1 Å². The number of ether oxygens (including phenoxy) is 1. The molecule has 2 saturated heterocycles. The van der Waals surface area contributed by atoms with Gasteiger partial charge in [-0.2, -0.15) is 0 Å². The molecule has 4 heteroatoms. The summed E-state index contributed by atoms with van der Waals surface area (Å²) in [4.78, 5) is 11.8. The zero-order chi connectivity index (χ0) is 11.4. The summed E-state index contributed by atoms with van der Waals surface area (Å²) in [5.41, 5.74) is 0. The van der Waals surface area contributed by atoms with Gasteiger partial charge in [0.15, 0.2) is 0 Å². The Bertz CT molecular complexity index is 239. The first-order chi connectivity index (χ1) is 7.83. The monoisotopic (exact) mass is 226 g/mol. The Balaban J connectivity index is 2.00. The van der Waals surface area contributed by atoms with Crippen LogP contribution in [-0.2, 0) is 9.53 Å². The fourth-order valence-corrected chi connectivity index (χ4v) is 3.09. The molecule has 0 aromatic carbocycles. The Morgan fingerprint density at radius 1 is 1.12 bits per heavy atom. The van der Waals surface area contributed by atoms with E-state index in [1.54, 1.807) is 0 Å². The quantitative estimate of drug-likeness (QED) is 0.669. The molecular weight excluding hydrogens is 204 g/mol. The van der Waals surface area contributed by atoms with E-state index in [2.05, 4.69) is 10.6 Å². The third-order valence-electron chi connectivity index (χ3n) is 4.02. The SMILES string of the molecule is COC(=O)C1CCNCC1C1CCNCC1. The maximum Gasteiger partial charge on any atom is 0.309 e. The fraction of sp³-hybridized carbons (Fsp3) is 0.917. The molecule has 0 bridgehead atoms. The van der Waals surface area contributed by atoms with Gasteiger partial charge in [0.05, 0.1) is 13.0 Å².